The molecule has 1 amide bonds. The summed E-state index contributed by atoms with van der Waals surface area (Å²) in [5.74, 6) is 0.0604. The van der Waals surface area contributed by atoms with E-state index >= 15 is 0 Å². The van der Waals surface area contributed by atoms with Gasteiger partial charge in [-0.25, -0.2) is 13.1 Å². The van der Waals surface area contributed by atoms with Crippen molar-refractivity contribution in [3.63, 3.8) is 0 Å². The molecule has 1 heterocycles. The summed E-state index contributed by atoms with van der Waals surface area (Å²) in [7, 11) is -3.63. The molecule has 0 aromatic heterocycles. The van der Waals surface area contributed by atoms with Crippen molar-refractivity contribution >= 4 is 21.6 Å². The van der Waals surface area contributed by atoms with Crippen LogP contribution in [0.4, 0.5) is 5.69 Å². The van der Waals surface area contributed by atoms with E-state index < -0.39 is 10.0 Å². The van der Waals surface area contributed by atoms with E-state index in [-0.39, 0.29) is 16.8 Å². The summed E-state index contributed by atoms with van der Waals surface area (Å²) in [6, 6.07) is 14.1. The second-order valence-corrected chi connectivity index (χ2v) is 7.91. The fourth-order valence-electron chi connectivity index (χ4n) is 3.11. The molecule has 6 heteroatoms. The molecule has 0 aliphatic carbocycles. The first-order valence-electron chi connectivity index (χ1n) is 8.43. The zero-order valence-electron chi connectivity index (χ0n) is 14.4. The third-order valence-electron chi connectivity index (χ3n) is 4.49. The summed E-state index contributed by atoms with van der Waals surface area (Å²) in [6.45, 7) is 4.26. The quantitative estimate of drug-likeness (QED) is 0.893. The molecule has 0 saturated heterocycles. The van der Waals surface area contributed by atoms with Gasteiger partial charge in [-0.1, -0.05) is 37.3 Å². The Balaban J connectivity index is 1.83. The second-order valence-electron chi connectivity index (χ2n) is 6.19. The van der Waals surface area contributed by atoms with Gasteiger partial charge in [-0.2, -0.15) is 0 Å². The molecule has 0 saturated carbocycles. The third-order valence-corrected chi connectivity index (χ3v) is 6.03. The average molecular weight is 358 g/mol. The number of rotatable bonds is 5. The number of carbonyl (C=O) groups excluding carboxylic acids is 1. The van der Waals surface area contributed by atoms with Gasteiger partial charge in [0.25, 0.3) is 0 Å². The maximum Gasteiger partial charge on any atom is 0.241 e. The Morgan fingerprint density at radius 3 is 2.60 bits per heavy atom. The smallest absolute Gasteiger partial charge is 0.241 e. The van der Waals surface area contributed by atoms with Gasteiger partial charge in [-0.05, 0) is 42.7 Å². The molecule has 0 radical (unpaired) electrons. The van der Waals surface area contributed by atoms with Gasteiger partial charge < -0.3 is 4.90 Å². The number of hydrogen-bond acceptors (Lipinski definition) is 3. The first-order valence-corrected chi connectivity index (χ1v) is 9.91. The highest BCUT2D eigenvalue weighted by atomic mass is 32.2. The summed E-state index contributed by atoms with van der Waals surface area (Å²) >= 11 is 0. The lowest BCUT2D eigenvalue weighted by molar-refractivity contribution is -0.118. The first kappa shape index (κ1) is 17.6. The molecule has 5 nitrogen and oxygen atoms in total. The minimum Gasteiger partial charge on any atom is -0.312 e. The lowest BCUT2D eigenvalue weighted by atomic mass is 10.1. The zero-order chi connectivity index (χ0) is 18.0. The standard InChI is InChI=1S/C19H22N2O3S/c1-3-19(22)21-12-11-16-13-17(9-10-18(16)21)25(23,24)20-14(2)15-7-5-4-6-8-15/h4-10,13-14,20H,3,11-12H2,1-2H3. The van der Waals surface area contributed by atoms with Crippen LogP contribution in [0, 0.1) is 0 Å². The molecule has 1 aliphatic heterocycles. The molecule has 0 fully saturated rings. The van der Waals surface area contributed by atoms with Crippen LogP contribution in [0.25, 0.3) is 0 Å². The number of fused-ring (bicyclic) bond motifs is 1. The maximum absolute atomic E-state index is 12.7. The molecule has 132 valence electrons. The summed E-state index contributed by atoms with van der Waals surface area (Å²) in [6.07, 6.45) is 1.12. The summed E-state index contributed by atoms with van der Waals surface area (Å²) in [4.78, 5) is 13.9. The predicted molar refractivity (Wildman–Crippen MR) is 98.0 cm³/mol. The number of amides is 1. The van der Waals surface area contributed by atoms with E-state index in [1.54, 1.807) is 23.1 Å². The van der Waals surface area contributed by atoms with Crippen molar-refractivity contribution in [2.75, 3.05) is 11.4 Å². The van der Waals surface area contributed by atoms with E-state index in [4.69, 9.17) is 0 Å². The van der Waals surface area contributed by atoms with Gasteiger partial charge in [-0.3, -0.25) is 4.79 Å². The Morgan fingerprint density at radius 2 is 1.92 bits per heavy atom. The van der Waals surface area contributed by atoms with E-state index in [1.165, 1.54) is 0 Å². The van der Waals surface area contributed by atoms with Gasteiger partial charge in [-0.15, -0.1) is 0 Å². The molecule has 1 N–H and O–H groups in total. The van der Waals surface area contributed by atoms with E-state index in [0.717, 1.165) is 16.8 Å². The Kier molecular flexibility index (Phi) is 4.92. The molecule has 2 aromatic rings. The van der Waals surface area contributed by atoms with Crippen molar-refractivity contribution in [1.82, 2.24) is 4.72 Å². The molecule has 3 rings (SSSR count). The van der Waals surface area contributed by atoms with Crippen molar-refractivity contribution in [3.05, 3.63) is 59.7 Å². The Labute approximate surface area is 148 Å². The van der Waals surface area contributed by atoms with Crippen molar-refractivity contribution in [3.8, 4) is 0 Å². The largest absolute Gasteiger partial charge is 0.312 e. The normalized spacial score (nSPS) is 15.0. The number of anilines is 1. The summed E-state index contributed by atoms with van der Waals surface area (Å²) in [5, 5.41) is 0. The maximum atomic E-state index is 12.7. The monoisotopic (exact) mass is 358 g/mol. The number of nitrogens with one attached hydrogen (secondary N) is 1. The van der Waals surface area contributed by atoms with Crippen LogP contribution >= 0.6 is 0 Å². The van der Waals surface area contributed by atoms with Gasteiger partial charge in [0, 0.05) is 24.7 Å². The second kappa shape index (κ2) is 6.98. The lowest BCUT2D eigenvalue weighted by Gasteiger charge is -2.17. The van der Waals surface area contributed by atoms with Crippen LogP contribution in [0.3, 0.4) is 0 Å². The van der Waals surface area contributed by atoms with Crippen LogP contribution < -0.4 is 9.62 Å². The molecule has 0 spiro atoms. The molecule has 1 atom stereocenters. The van der Waals surface area contributed by atoms with E-state index in [2.05, 4.69) is 4.72 Å². The van der Waals surface area contributed by atoms with Gasteiger partial charge in [0.1, 0.15) is 0 Å². The Bertz CT molecular complexity index is 879. The number of nitrogens with zero attached hydrogens (tertiary/aromatic N) is 1. The van der Waals surface area contributed by atoms with Crippen LogP contribution in [0.1, 0.15) is 37.4 Å². The van der Waals surface area contributed by atoms with Gasteiger partial charge in [0.15, 0.2) is 0 Å². The number of carbonyl (C=O) groups is 1. The molecular weight excluding hydrogens is 336 g/mol. The highest BCUT2D eigenvalue weighted by Gasteiger charge is 2.26. The highest BCUT2D eigenvalue weighted by Crippen LogP contribution is 2.31. The van der Waals surface area contributed by atoms with Crippen LogP contribution in [0.15, 0.2) is 53.4 Å². The summed E-state index contributed by atoms with van der Waals surface area (Å²) < 4.78 is 28.1. The molecule has 0 bridgehead atoms. The molecule has 2 aromatic carbocycles. The number of benzene rings is 2. The highest BCUT2D eigenvalue weighted by molar-refractivity contribution is 7.89. The van der Waals surface area contributed by atoms with Crippen molar-refractivity contribution in [2.45, 2.75) is 37.6 Å². The first-order chi connectivity index (χ1) is 11.9. The van der Waals surface area contributed by atoms with E-state index in [0.29, 0.717) is 19.4 Å². The van der Waals surface area contributed by atoms with Gasteiger partial charge in [0.05, 0.1) is 4.90 Å². The number of hydrogen-bond donors (Lipinski definition) is 1. The van der Waals surface area contributed by atoms with Gasteiger partial charge in [0.2, 0.25) is 15.9 Å². The van der Waals surface area contributed by atoms with E-state index in [1.807, 2.05) is 44.2 Å². The van der Waals surface area contributed by atoms with Crippen LogP contribution in [0.2, 0.25) is 0 Å². The summed E-state index contributed by atoms with van der Waals surface area (Å²) in [5.41, 5.74) is 2.63. The van der Waals surface area contributed by atoms with Crippen molar-refractivity contribution < 1.29 is 13.2 Å². The van der Waals surface area contributed by atoms with Gasteiger partial charge >= 0.3 is 0 Å². The SMILES string of the molecule is CCC(=O)N1CCc2cc(S(=O)(=O)NC(C)c3ccccc3)ccc21. The zero-order valence-corrected chi connectivity index (χ0v) is 15.2. The van der Waals surface area contributed by atoms with Crippen LogP contribution in [-0.4, -0.2) is 20.9 Å². The fourth-order valence-corrected chi connectivity index (χ4v) is 4.39. The molecule has 1 unspecified atom stereocenters. The number of sulfonamides is 1. The van der Waals surface area contributed by atoms with Crippen LogP contribution in [-0.2, 0) is 21.2 Å². The van der Waals surface area contributed by atoms with Crippen LogP contribution in [0.5, 0.6) is 0 Å². The van der Waals surface area contributed by atoms with Crippen molar-refractivity contribution in [1.29, 1.82) is 0 Å². The molecular formula is C19H22N2O3S. The lowest BCUT2D eigenvalue weighted by Crippen LogP contribution is -2.28. The Hall–Kier alpha value is -2.18. The third kappa shape index (κ3) is 3.60. The van der Waals surface area contributed by atoms with Crippen molar-refractivity contribution in [2.24, 2.45) is 0 Å². The Morgan fingerprint density at radius 1 is 1.20 bits per heavy atom. The van der Waals surface area contributed by atoms with E-state index in [9.17, 15) is 13.2 Å². The molecule has 1 aliphatic rings. The topological polar surface area (TPSA) is 66.5 Å². The minimum absolute atomic E-state index is 0.0604. The fraction of sp³-hybridized carbons (Fsp3) is 0.316. The predicted octanol–water partition coefficient (Wildman–Crippen LogP) is 3.03. The average Bonchev–Trinajstić information content (AvgIpc) is 3.04. The molecule has 25 heavy (non-hydrogen) atoms. The minimum atomic E-state index is -3.63.